The number of anilines is 2. The van der Waals surface area contributed by atoms with Crippen molar-refractivity contribution >= 4 is 40.9 Å². The zero-order valence-corrected chi connectivity index (χ0v) is 22.8. The van der Waals surface area contributed by atoms with E-state index in [2.05, 4.69) is 10.6 Å². The third-order valence-electron chi connectivity index (χ3n) is 5.84. The van der Waals surface area contributed by atoms with Crippen molar-refractivity contribution < 1.29 is 28.6 Å². The van der Waals surface area contributed by atoms with Crippen LogP contribution in [0.5, 0.6) is 5.75 Å². The molecule has 0 saturated heterocycles. The number of fused-ring (bicyclic) bond motifs is 1. The Balaban J connectivity index is 1.91. The van der Waals surface area contributed by atoms with Crippen LogP contribution in [0, 0.1) is 6.92 Å². The van der Waals surface area contributed by atoms with E-state index < -0.39 is 17.6 Å². The van der Waals surface area contributed by atoms with Crippen LogP contribution in [0.25, 0.3) is 0 Å². The van der Waals surface area contributed by atoms with E-state index in [1.54, 1.807) is 31.4 Å². The number of amides is 2. The standard InChI is InChI=1S/C28H33ClN2O6/c1-16(12-14-22(32)37-28(3,4)5)11-13-18-24(31-27(34)30-21-10-8-7-9-20(21)29)23-19(15-36-26(23)33)17(2)25(18)35-6/h7-11H,12-15H2,1-6H3,(H2,30,31,34)/b16-11+. The molecule has 3 rings (SSSR count). The lowest BCUT2D eigenvalue weighted by atomic mass is 9.93. The highest BCUT2D eigenvalue weighted by Gasteiger charge is 2.32. The zero-order chi connectivity index (χ0) is 27.3. The Hall–Kier alpha value is -3.52. The number of cyclic esters (lactones) is 1. The van der Waals surface area contributed by atoms with Gasteiger partial charge in [0.05, 0.1) is 29.1 Å². The van der Waals surface area contributed by atoms with Crippen molar-refractivity contribution in [3.63, 3.8) is 0 Å². The maximum absolute atomic E-state index is 13.0. The van der Waals surface area contributed by atoms with Crippen LogP contribution in [0.2, 0.25) is 5.02 Å². The fourth-order valence-electron chi connectivity index (χ4n) is 4.09. The van der Waals surface area contributed by atoms with Gasteiger partial charge in [0.25, 0.3) is 0 Å². The lowest BCUT2D eigenvalue weighted by Crippen LogP contribution is -2.23. The number of hydrogen-bond acceptors (Lipinski definition) is 6. The van der Waals surface area contributed by atoms with Crippen molar-refractivity contribution in [2.75, 3.05) is 17.7 Å². The number of rotatable bonds is 8. The van der Waals surface area contributed by atoms with Gasteiger partial charge in [-0.05, 0) is 65.2 Å². The maximum Gasteiger partial charge on any atom is 0.341 e. The molecule has 2 aromatic rings. The number of hydrogen-bond donors (Lipinski definition) is 2. The second kappa shape index (κ2) is 11.7. The molecule has 0 spiro atoms. The Kier molecular flexibility index (Phi) is 8.86. The van der Waals surface area contributed by atoms with E-state index in [4.69, 9.17) is 25.8 Å². The smallest absolute Gasteiger partial charge is 0.341 e. The molecule has 1 aliphatic heterocycles. The van der Waals surface area contributed by atoms with Gasteiger partial charge >= 0.3 is 18.0 Å². The molecule has 0 radical (unpaired) electrons. The number of benzene rings is 2. The van der Waals surface area contributed by atoms with Crippen LogP contribution in [0.1, 0.15) is 67.6 Å². The Morgan fingerprint density at radius 2 is 1.86 bits per heavy atom. The van der Waals surface area contributed by atoms with Gasteiger partial charge in [-0.2, -0.15) is 0 Å². The summed E-state index contributed by atoms with van der Waals surface area (Å²) in [6.45, 7) is 9.37. The molecule has 0 bridgehead atoms. The number of methoxy groups -OCH3 is 1. The van der Waals surface area contributed by atoms with Gasteiger partial charge in [0, 0.05) is 17.5 Å². The van der Waals surface area contributed by atoms with E-state index in [1.165, 1.54) is 0 Å². The molecule has 37 heavy (non-hydrogen) atoms. The number of esters is 2. The van der Waals surface area contributed by atoms with Crippen molar-refractivity contribution in [2.45, 2.75) is 66.1 Å². The minimum Gasteiger partial charge on any atom is -0.496 e. The fraction of sp³-hybridized carbons (Fsp3) is 0.393. The van der Waals surface area contributed by atoms with Crippen molar-refractivity contribution in [1.82, 2.24) is 0 Å². The van der Waals surface area contributed by atoms with E-state index in [-0.39, 0.29) is 19.0 Å². The number of allylic oxidation sites excluding steroid dienone is 2. The van der Waals surface area contributed by atoms with Gasteiger partial charge < -0.3 is 24.8 Å². The first-order valence-electron chi connectivity index (χ1n) is 12.0. The molecule has 0 atom stereocenters. The summed E-state index contributed by atoms with van der Waals surface area (Å²) in [5.41, 5.74) is 3.55. The topological polar surface area (TPSA) is 103 Å². The van der Waals surface area contributed by atoms with Gasteiger partial charge in [-0.3, -0.25) is 4.79 Å². The SMILES string of the molecule is COc1c(C)c2c(c(NC(=O)Nc3ccccc3Cl)c1C/C=C(\C)CCC(=O)OC(C)(C)C)C(=O)OC2. The Morgan fingerprint density at radius 3 is 2.51 bits per heavy atom. The second-order valence-corrected chi connectivity index (χ2v) is 10.2. The number of carbonyl (C=O) groups excluding carboxylic acids is 3. The number of halogens is 1. The first-order chi connectivity index (χ1) is 17.4. The normalized spacial score (nSPS) is 13.1. The minimum atomic E-state index is -0.562. The zero-order valence-electron chi connectivity index (χ0n) is 22.0. The monoisotopic (exact) mass is 528 g/mol. The summed E-state index contributed by atoms with van der Waals surface area (Å²) in [6.07, 6.45) is 3.06. The summed E-state index contributed by atoms with van der Waals surface area (Å²) >= 11 is 6.18. The van der Waals surface area contributed by atoms with E-state index in [0.29, 0.717) is 51.7 Å². The van der Waals surface area contributed by atoms with Gasteiger partial charge in [0.2, 0.25) is 0 Å². The number of urea groups is 1. The molecular formula is C28H33ClN2O6. The quantitative estimate of drug-likeness (QED) is 0.296. The Bertz CT molecular complexity index is 1250. The average Bonchev–Trinajstić information content (AvgIpc) is 3.20. The van der Waals surface area contributed by atoms with Gasteiger partial charge in [-0.25, -0.2) is 9.59 Å². The summed E-state index contributed by atoms with van der Waals surface area (Å²) in [6, 6.07) is 6.29. The van der Waals surface area contributed by atoms with Crippen LogP contribution in [-0.2, 0) is 27.3 Å². The molecule has 0 aromatic heterocycles. The molecule has 0 aliphatic carbocycles. The highest BCUT2D eigenvalue weighted by Crippen LogP contribution is 2.41. The Morgan fingerprint density at radius 1 is 1.16 bits per heavy atom. The van der Waals surface area contributed by atoms with Gasteiger partial charge in [0.15, 0.2) is 0 Å². The molecule has 0 unspecified atom stereocenters. The van der Waals surface area contributed by atoms with E-state index >= 15 is 0 Å². The molecule has 1 heterocycles. The van der Waals surface area contributed by atoms with Crippen molar-refractivity contribution in [3.8, 4) is 5.75 Å². The van der Waals surface area contributed by atoms with Crippen LogP contribution in [0.15, 0.2) is 35.9 Å². The van der Waals surface area contributed by atoms with Gasteiger partial charge in [-0.1, -0.05) is 35.4 Å². The number of para-hydroxylation sites is 1. The van der Waals surface area contributed by atoms with Crippen LogP contribution in [-0.4, -0.2) is 30.7 Å². The lowest BCUT2D eigenvalue weighted by molar-refractivity contribution is -0.154. The predicted octanol–water partition coefficient (Wildman–Crippen LogP) is 6.58. The molecule has 1 aliphatic rings. The molecule has 198 valence electrons. The fourth-order valence-corrected chi connectivity index (χ4v) is 4.27. The van der Waals surface area contributed by atoms with Crippen molar-refractivity contribution in [1.29, 1.82) is 0 Å². The molecule has 0 saturated carbocycles. The molecule has 2 amide bonds. The van der Waals surface area contributed by atoms with Crippen molar-refractivity contribution in [3.05, 3.63) is 63.2 Å². The third kappa shape index (κ3) is 7.04. The van der Waals surface area contributed by atoms with Crippen LogP contribution in [0.4, 0.5) is 16.2 Å². The molecule has 8 nitrogen and oxygen atoms in total. The minimum absolute atomic E-state index is 0.0994. The van der Waals surface area contributed by atoms with Crippen LogP contribution in [0.3, 0.4) is 0 Å². The van der Waals surface area contributed by atoms with E-state index in [0.717, 1.165) is 11.1 Å². The first-order valence-corrected chi connectivity index (χ1v) is 12.4. The number of carbonyl (C=O) groups is 3. The summed E-state index contributed by atoms with van der Waals surface area (Å²) in [5.74, 6) is -0.227. The first kappa shape index (κ1) is 28.1. The maximum atomic E-state index is 13.0. The van der Waals surface area contributed by atoms with Crippen molar-refractivity contribution in [2.24, 2.45) is 0 Å². The largest absolute Gasteiger partial charge is 0.496 e. The molecular weight excluding hydrogens is 496 g/mol. The summed E-state index contributed by atoms with van der Waals surface area (Å²) in [7, 11) is 1.54. The summed E-state index contributed by atoms with van der Waals surface area (Å²) in [5, 5.41) is 5.93. The highest BCUT2D eigenvalue weighted by molar-refractivity contribution is 6.33. The summed E-state index contributed by atoms with van der Waals surface area (Å²) in [4.78, 5) is 37.8. The van der Waals surface area contributed by atoms with Gasteiger partial charge in [-0.15, -0.1) is 0 Å². The molecule has 2 N–H and O–H groups in total. The van der Waals surface area contributed by atoms with Crippen LogP contribution >= 0.6 is 11.6 Å². The second-order valence-electron chi connectivity index (χ2n) is 9.84. The van der Waals surface area contributed by atoms with Crippen LogP contribution < -0.4 is 15.4 Å². The molecule has 0 fully saturated rings. The van der Waals surface area contributed by atoms with E-state index in [1.807, 2.05) is 40.7 Å². The van der Waals surface area contributed by atoms with Gasteiger partial charge in [0.1, 0.15) is 18.0 Å². The third-order valence-corrected chi connectivity index (χ3v) is 6.17. The molecule has 2 aromatic carbocycles. The average molecular weight is 529 g/mol. The molecule has 9 heteroatoms. The lowest BCUT2D eigenvalue weighted by Gasteiger charge is -2.20. The highest BCUT2D eigenvalue weighted by atomic mass is 35.5. The predicted molar refractivity (Wildman–Crippen MR) is 143 cm³/mol. The Labute approximate surface area is 222 Å². The van der Waals surface area contributed by atoms with E-state index in [9.17, 15) is 14.4 Å². The number of ether oxygens (including phenoxy) is 3. The number of nitrogens with one attached hydrogen (secondary N) is 2. The summed E-state index contributed by atoms with van der Waals surface area (Å²) < 4.78 is 16.4.